The van der Waals surface area contributed by atoms with Crippen molar-refractivity contribution in [2.45, 2.75) is 47.2 Å². The van der Waals surface area contributed by atoms with Gasteiger partial charge in [-0.3, -0.25) is 4.79 Å². The summed E-state index contributed by atoms with van der Waals surface area (Å²) in [6.07, 6.45) is 0. The molecule has 1 aromatic rings. The van der Waals surface area contributed by atoms with Crippen LogP contribution in [0, 0.1) is 5.92 Å². The molecule has 0 aromatic heterocycles. The topological polar surface area (TPSA) is 65.5 Å². The number of hydrogen-bond donors (Lipinski definition) is 3. The first-order chi connectivity index (χ1) is 11.0. The van der Waals surface area contributed by atoms with Gasteiger partial charge < -0.3 is 16.0 Å². The van der Waals surface area contributed by atoms with E-state index < -0.39 is 0 Å². The van der Waals surface area contributed by atoms with E-state index in [1.54, 1.807) is 0 Å². The molecule has 0 aliphatic rings. The molecular weight excluding hydrogens is 415 g/mol. The second-order valence-corrected chi connectivity index (χ2v) is 5.93. The molecule has 0 aliphatic heterocycles. The summed E-state index contributed by atoms with van der Waals surface area (Å²) in [7, 11) is 0. The monoisotopic (exact) mass is 446 g/mol. The van der Waals surface area contributed by atoms with Crippen LogP contribution in [0.25, 0.3) is 0 Å². The molecule has 0 saturated carbocycles. The number of nitrogens with one attached hydrogen (secondary N) is 3. The van der Waals surface area contributed by atoms with Gasteiger partial charge in [0, 0.05) is 24.7 Å². The Bertz CT molecular complexity index is 514. The van der Waals surface area contributed by atoms with Crippen molar-refractivity contribution in [2.24, 2.45) is 10.9 Å². The maximum absolute atomic E-state index is 11.7. The van der Waals surface area contributed by atoms with Crippen LogP contribution >= 0.6 is 24.0 Å². The number of benzene rings is 1. The fraction of sp³-hybridized carbons (Fsp3) is 0.556. The summed E-state index contributed by atoms with van der Waals surface area (Å²) in [4.78, 5) is 16.3. The predicted octanol–water partition coefficient (Wildman–Crippen LogP) is 3.15. The molecule has 1 atom stereocenters. The Morgan fingerprint density at radius 3 is 2.12 bits per heavy atom. The molecule has 0 heterocycles. The van der Waals surface area contributed by atoms with Gasteiger partial charge in [-0.05, 0) is 44.4 Å². The molecule has 6 heteroatoms. The summed E-state index contributed by atoms with van der Waals surface area (Å²) in [6, 6.07) is 7.93. The Morgan fingerprint density at radius 1 is 1.04 bits per heavy atom. The molecule has 0 radical (unpaired) electrons. The quantitative estimate of drug-likeness (QED) is 0.343. The molecule has 24 heavy (non-hydrogen) atoms. The molecule has 5 nitrogen and oxygen atoms in total. The van der Waals surface area contributed by atoms with Crippen LogP contribution in [0.2, 0.25) is 0 Å². The fourth-order valence-electron chi connectivity index (χ4n) is 1.90. The van der Waals surface area contributed by atoms with Crippen molar-refractivity contribution < 1.29 is 4.79 Å². The molecular formula is C18H31IN4O. The number of halogens is 1. The summed E-state index contributed by atoms with van der Waals surface area (Å²) in [5, 5.41) is 9.46. The molecule has 0 aliphatic carbocycles. The molecule has 0 saturated heterocycles. The number of amides is 1. The first kappa shape index (κ1) is 22.7. The summed E-state index contributed by atoms with van der Waals surface area (Å²) >= 11 is 0. The van der Waals surface area contributed by atoms with E-state index in [1.807, 2.05) is 31.2 Å². The van der Waals surface area contributed by atoms with Gasteiger partial charge in [-0.25, -0.2) is 4.99 Å². The molecule has 3 N–H and O–H groups in total. The first-order valence-electron chi connectivity index (χ1n) is 8.39. The lowest BCUT2D eigenvalue weighted by Gasteiger charge is -2.20. The molecule has 0 fully saturated rings. The van der Waals surface area contributed by atoms with Gasteiger partial charge in [0.2, 0.25) is 0 Å². The second kappa shape index (κ2) is 12.1. The minimum Gasteiger partial charge on any atom is -0.357 e. The highest BCUT2D eigenvalue weighted by molar-refractivity contribution is 14.0. The van der Waals surface area contributed by atoms with Crippen LogP contribution in [0.15, 0.2) is 29.3 Å². The smallest absolute Gasteiger partial charge is 0.251 e. The first-order valence-corrected chi connectivity index (χ1v) is 8.39. The zero-order valence-electron chi connectivity index (χ0n) is 15.3. The summed E-state index contributed by atoms with van der Waals surface area (Å²) in [5.74, 6) is 1.32. The standard InChI is InChI=1S/C18H30N4O.HI/c1-6-19-17(23)16-10-8-15(9-11-16)12-21-18(20-7-2)22-14(5)13(3)4;/h8-11,13-14H,6-7,12H2,1-5H3,(H,19,23)(H2,20,21,22);1H. The number of carbonyl (C=O) groups is 1. The van der Waals surface area contributed by atoms with Crippen molar-refractivity contribution in [1.29, 1.82) is 0 Å². The highest BCUT2D eigenvalue weighted by Crippen LogP contribution is 2.06. The van der Waals surface area contributed by atoms with E-state index in [2.05, 4.69) is 48.6 Å². The maximum atomic E-state index is 11.7. The van der Waals surface area contributed by atoms with E-state index in [0.29, 0.717) is 30.6 Å². The minimum absolute atomic E-state index is 0. The second-order valence-electron chi connectivity index (χ2n) is 5.93. The van der Waals surface area contributed by atoms with Crippen molar-refractivity contribution in [3.8, 4) is 0 Å². The summed E-state index contributed by atoms with van der Waals surface area (Å²) in [6.45, 7) is 12.5. The maximum Gasteiger partial charge on any atom is 0.251 e. The van der Waals surface area contributed by atoms with Gasteiger partial charge in [0.15, 0.2) is 5.96 Å². The van der Waals surface area contributed by atoms with Crippen LogP contribution in [-0.2, 0) is 6.54 Å². The Morgan fingerprint density at radius 2 is 1.62 bits per heavy atom. The summed E-state index contributed by atoms with van der Waals surface area (Å²) < 4.78 is 0. The van der Waals surface area contributed by atoms with Crippen LogP contribution in [-0.4, -0.2) is 31.0 Å². The van der Waals surface area contributed by atoms with Crippen molar-refractivity contribution in [2.75, 3.05) is 13.1 Å². The van der Waals surface area contributed by atoms with Gasteiger partial charge in [0.05, 0.1) is 6.54 Å². The van der Waals surface area contributed by atoms with Crippen LogP contribution in [0.1, 0.15) is 50.5 Å². The Kier molecular flexibility index (Phi) is 11.4. The van der Waals surface area contributed by atoms with E-state index in [0.717, 1.165) is 18.1 Å². The van der Waals surface area contributed by atoms with E-state index >= 15 is 0 Å². The number of nitrogens with zero attached hydrogens (tertiary/aromatic N) is 1. The van der Waals surface area contributed by atoms with Gasteiger partial charge in [-0.1, -0.05) is 26.0 Å². The molecule has 136 valence electrons. The predicted molar refractivity (Wildman–Crippen MR) is 112 cm³/mol. The normalized spacial score (nSPS) is 12.3. The molecule has 1 unspecified atom stereocenters. The van der Waals surface area contributed by atoms with Crippen LogP contribution in [0.3, 0.4) is 0 Å². The number of rotatable bonds is 7. The van der Waals surface area contributed by atoms with Gasteiger partial charge in [0.1, 0.15) is 0 Å². The van der Waals surface area contributed by atoms with Gasteiger partial charge in [0.25, 0.3) is 5.91 Å². The van der Waals surface area contributed by atoms with E-state index in [1.165, 1.54) is 0 Å². The Labute approximate surface area is 163 Å². The third-order valence-corrected chi connectivity index (χ3v) is 3.68. The van der Waals surface area contributed by atoms with Gasteiger partial charge >= 0.3 is 0 Å². The van der Waals surface area contributed by atoms with Crippen molar-refractivity contribution in [3.05, 3.63) is 35.4 Å². The van der Waals surface area contributed by atoms with Crippen LogP contribution in [0.4, 0.5) is 0 Å². The molecule has 1 amide bonds. The third kappa shape index (κ3) is 7.99. The number of guanidine groups is 1. The highest BCUT2D eigenvalue weighted by Gasteiger charge is 2.09. The van der Waals surface area contributed by atoms with Crippen molar-refractivity contribution >= 4 is 35.8 Å². The molecule has 0 spiro atoms. The molecule has 0 bridgehead atoms. The molecule has 1 aromatic carbocycles. The number of hydrogen-bond acceptors (Lipinski definition) is 2. The van der Waals surface area contributed by atoms with Crippen LogP contribution in [0.5, 0.6) is 0 Å². The largest absolute Gasteiger partial charge is 0.357 e. The SMILES string of the molecule is CCNC(=O)c1ccc(CN=C(NCC)NC(C)C(C)C)cc1.I. The number of aliphatic imine (C=N–C) groups is 1. The lowest BCUT2D eigenvalue weighted by Crippen LogP contribution is -2.44. The highest BCUT2D eigenvalue weighted by atomic mass is 127. The summed E-state index contributed by atoms with van der Waals surface area (Å²) in [5.41, 5.74) is 1.76. The molecule has 1 rings (SSSR count). The van der Waals surface area contributed by atoms with Crippen molar-refractivity contribution in [1.82, 2.24) is 16.0 Å². The Balaban J connectivity index is 0.00000529. The minimum atomic E-state index is -0.0386. The Hall–Kier alpha value is -1.31. The van der Waals surface area contributed by atoms with Crippen LogP contribution < -0.4 is 16.0 Å². The average Bonchev–Trinajstić information content (AvgIpc) is 2.53. The lowest BCUT2D eigenvalue weighted by atomic mass is 10.1. The van der Waals surface area contributed by atoms with E-state index in [-0.39, 0.29) is 29.9 Å². The van der Waals surface area contributed by atoms with E-state index in [9.17, 15) is 4.79 Å². The van der Waals surface area contributed by atoms with Gasteiger partial charge in [-0.2, -0.15) is 0 Å². The lowest BCUT2D eigenvalue weighted by molar-refractivity contribution is 0.0956. The third-order valence-electron chi connectivity index (χ3n) is 3.68. The van der Waals surface area contributed by atoms with Crippen molar-refractivity contribution in [3.63, 3.8) is 0 Å². The average molecular weight is 446 g/mol. The fourth-order valence-corrected chi connectivity index (χ4v) is 1.90. The zero-order chi connectivity index (χ0) is 17.2. The number of carbonyl (C=O) groups excluding carboxylic acids is 1. The van der Waals surface area contributed by atoms with Gasteiger partial charge in [-0.15, -0.1) is 24.0 Å². The van der Waals surface area contributed by atoms with E-state index in [4.69, 9.17) is 0 Å². The zero-order valence-corrected chi connectivity index (χ0v) is 17.7.